The molecule has 274 valence electrons. The van der Waals surface area contributed by atoms with Gasteiger partial charge in [0.15, 0.2) is 16.8 Å². The van der Waals surface area contributed by atoms with Crippen molar-refractivity contribution < 1.29 is 4.79 Å². The Labute approximate surface area is 314 Å². The minimum atomic E-state index is -0.441. The van der Waals surface area contributed by atoms with Crippen LogP contribution in [0.15, 0.2) is 76.8 Å². The Morgan fingerprint density at radius 1 is 0.846 bits per heavy atom. The van der Waals surface area contributed by atoms with Gasteiger partial charge in [-0.3, -0.25) is 4.79 Å². The molecule has 2 unspecified atom stereocenters. The second-order valence-electron chi connectivity index (χ2n) is 14.0. The lowest BCUT2D eigenvalue weighted by Gasteiger charge is -2.30. The maximum absolute atomic E-state index is 13.8. The number of nitriles is 1. The second-order valence-corrected chi connectivity index (χ2v) is 15.0. The first kappa shape index (κ1) is 38.8. The number of carbonyl (C=O) groups is 1. The zero-order chi connectivity index (χ0) is 36.9. The highest BCUT2D eigenvalue weighted by molar-refractivity contribution is 7.19. The Morgan fingerprint density at radius 3 is 2.04 bits per heavy atom. The molecule has 3 heterocycles. The summed E-state index contributed by atoms with van der Waals surface area (Å²) >= 11 is 1.61. The van der Waals surface area contributed by atoms with Gasteiger partial charge in [0.1, 0.15) is 28.0 Å². The van der Waals surface area contributed by atoms with Crippen LogP contribution in [0.3, 0.4) is 0 Å². The van der Waals surface area contributed by atoms with Crippen molar-refractivity contribution in [2.24, 2.45) is 16.8 Å². The van der Waals surface area contributed by atoms with Gasteiger partial charge in [0, 0.05) is 30.6 Å². The van der Waals surface area contributed by atoms with Gasteiger partial charge in [-0.25, -0.2) is 15.0 Å². The van der Waals surface area contributed by atoms with E-state index in [-0.39, 0.29) is 5.57 Å². The predicted molar refractivity (Wildman–Crippen MR) is 215 cm³/mol. The number of hydrogen-bond donors (Lipinski definition) is 0. The zero-order valence-corrected chi connectivity index (χ0v) is 32.6. The average molecular weight is 718 g/mol. The van der Waals surface area contributed by atoms with E-state index in [1.807, 2.05) is 48.5 Å². The van der Waals surface area contributed by atoms with E-state index >= 15 is 0 Å². The monoisotopic (exact) mass is 717 g/mol. The molecule has 0 spiro atoms. The summed E-state index contributed by atoms with van der Waals surface area (Å²) in [5.74, 6) is 1.63. The summed E-state index contributed by atoms with van der Waals surface area (Å²) in [6.45, 7) is 13.2. The Kier molecular flexibility index (Phi) is 14.5. The molecule has 0 amide bonds. The summed E-state index contributed by atoms with van der Waals surface area (Å²) in [5.41, 5.74) is 4.11. The predicted octanol–water partition coefficient (Wildman–Crippen LogP) is 11.0. The second kappa shape index (κ2) is 19.4. The van der Waals surface area contributed by atoms with Crippen LogP contribution in [-0.4, -0.2) is 44.5 Å². The largest absolute Gasteiger partial charge is 0.347 e. The molecule has 0 fully saturated rings. The lowest BCUT2D eigenvalue weighted by molar-refractivity contribution is 0.0941. The van der Waals surface area contributed by atoms with Crippen LogP contribution < -0.4 is 4.90 Å². The average Bonchev–Trinajstić information content (AvgIpc) is 3.80. The van der Waals surface area contributed by atoms with Gasteiger partial charge in [0.2, 0.25) is 0 Å². The standard InChI is InChI=1S/C43H55N7OS/c1-6-11-20-31(9-4)29-49(30-32(10-5)21-12-7-2)43-47-38(34-24-18-15-19-25-34)41(52-43)46-39-35(26-13-8-3)36(28-44)42(51)50-40(39)45-37(48-50)27-33-22-16-14-17-23-33/h14-19,22-25,31-32H,6-13,20-21,26-27,29-30H2,1-5H3. The molecule has 9 heteroatoms. The molecule has 5 rings (SSSR count). The van der Waals surface area contributed by atoms with Crippen molar-refractivity contribution in [2.75, 3.05) is 18.0 Å². The van der Waals surface area contributed by atoms with Crippen molar-refractivity contribution in [1.82, 2.24) is 19.7 Å². The zero-order valence-electron chi connectivity index (χ0n) is 31.8. The van der Waals surface area contributed by atoms with Crippen LogP contribution in [0, 0.1) is 23.2 Å². The molecule has 0 radical (unpaired) electrons. The maximum Gasteiger partial charge on any atom is 0.291 e. The number of thiazole rings is 1. The molecule has 0 N–H and O–H groups in total. The summed E-state index contributed by atoms with van der Waals surface area (Å²) in [6.07, 6.45) is 12.3. The van der Waals surface area contributed by atoms with Crippen molar-refractivity contribution in [1.29, 1.82) is 5.26 Å². The van der Waals surface area contributed by atoms with E-state index in [4.69, 9.17) is 15.0 Å². The number of rotatable bonds is 20. The van der Waals surface area contributed by atoms with Gasteiger partial charge in [0.05, 0.1) is 0 Å². The van der Waals surface area contributed by atoms with Gasteiger partial charge in [-0.05, 0) is 43.1 Å². The molecule has 4 aromatic rings. The number of fused-ring (bicyclic) bond motifs is 1. The van der Waals surface area contributed by atoms with E-state index in [2.05, 4.69) is 62.8 Å². The molecule has 2 atom stereocenters. The molecule has 0 bridgehead atoms. The number of aromatic nitrogens is 4. The molecule has 1 aliphatic heterocycles. The normalized spacial score (nSPS) is 14.8. The first-order chi connectivity index (χ1) is 25.4. The van der Waals surface area contributed by atoms with Crippen LogP contribution in [0.5, 0.6) is 0 Å². The molecule has 2 aromatic carbocycles. The van der Waals surface area contributed by atoms with Crippen molar-refractivity contribution in [3.63, 3.8) is 0 Å². The third kappa shape index (κ3) is 9.51. The molecule has 8 nitrogen and oxygen atoms in total. The minimum absolute atomic E-state index is 0.0897. The molecule has 1 aliphatic rings. The number of allylic oxidation sites excluding steroid dienone is 2. The summed E-state index contributed by atoms with van der Waals surface area (Å²) in [4.78, 5) is 32.0. The van der Waals surface area contributed by atoms with Gasteiger partial charge >= 0.3 is 0 Å². The third-order valence-corrected chi connectivity index (χ3v) is 11.1. The number of carbonyl (C=O) groups excluding carboxylic acids is 1. The van der Waals surface area contributed by atoms with Crippen molar-refractivity contribution in [3.05, 3.63) is 89.0 Å². The van der Waals surface area contributed by atoms with E-state index in [9.17, 15) is 10.1 Å². The number of unbranched alkanes of at least 4 members (excludes halogenated alkanes) is 3. The van der Waals surface area contributed by atoms with Crippen LogP contribution in [0.2, 0.25) is 0 Å². The number of benzene rings is 2. The van der Waals surface area contributed by atoms with Crippen molar-refractivity contribution in [2.45, 2.75) is 112 Å². The van der Waals surface area contributed by atoms with E-state index in [0.717, 1.165) is 65.7 Å². The lowest BCUT2D eigenvalue weighted by atomic mass is 9.94. The molecular weight excluding hydrogens is 663 g/mol. The van der Waals surface area contributed by atoms with Gasteiger partial charge in [-0.2, -0.15) is 9.94 Å². The van der Waals surface area contributed by atoms with Crippen molar-refractivity contribution >= 4 is 33.1 Å². The van der Waals surface area contributed by atoms with Crippen LogP contribution in [0.25, 0.3) is 11.3 Å². The van der Waals surface area contributed by atoms with E-state index in [0.29, 0.717) is 47.6 Å². The van der Waals surface area contributed by atoms with Gasteiger partial charge < -0.3 is 4.90 Å². The highest BCUT2D eigenvalue weighted by Crippen LogP contribution is 2.42. The first-order valence-corrected chi connectivity index (χ1v) is 20.3. The highest BCUT2D eigenvalue weighted by Gasteiger charge is 2.34. The fourth-order valence-corrected chi connectivity index (χ4v) is 7.89. The minimum Gasteiger partial charge on any atom is -0.347 e. The molecule has 0 aliphatic carbocycles. The van der Waals surface area contributed by atoms with Crippen LogP contribution in [0.4, 0.5) is 10.1 Å². The summed E-state index contributed by atoms with van der Waals surface area (Å²) in [7, 11) is 0. The number of anilines is 1. The Bertz CT molecular complexity index is 1830. The maximum atomic E-state index is 13.8. The molecule has 0 saturated carbocycles. The van der Waals surface area contributed by atoms with E-state index < -0.39 is 5.91 Å². The van der Waals surface area contributed by atoms with Crippen molar-refractivity contribution in [3.8, 4) is 17.3 Å². The number of hydrogen-bond acceptors (Lipinski definition) is 8. The molecule has 52 heavy (non-hydrogen) atoms. The summed E-state index contributed by atoms with van der Waals surface area (Å²) < 4.78 is 1.29. The van der Waals surface area contributed by atoms with Crippen LogP contribution in [-0.2, 0) is 6.42 Å². The van der Waals surface area contributed by atoms with Gasteiger partial charge in [-0.1, -0.05) is 152 Å². The summed E-state index contributed by atoms with van der Waals surface area (Å²) in [6, 6.07) is 22.5. The van der Waals surface area contributed by atoms with E-state index in [1.54, 1.807) is 11.3 Å². The van der Waals surface area contributed by atoms with Crippen LogP contribution in [0.1, 0.15) is 127 Å². The highest BCUT2D eigenvalue weighted by atomic mass is 32.1. The quantitative estimate of drug-likeness (QED) is 0.0902. The van der Waals surface area contributed by atoms with Crippen LogP contribution >= 0.6 is 11.3 Å². The van der Waals surface area contributed by atoms with Gasteiger partial charge in [-0.15, -0.1) is 5.10 Å². The Balaban J connectivity index is 1.67. The topological polar surface area (TPSA) is 100 Å². The Hall–Kier alpha value is -4.42. The SMILES string of the molecule is CCCCC1=C(C#N)C(=O)n2nc(Cc3ccccc3)nc2C1=Nc1sc(N(CC(CC)CCCC)CC(CC)CCCC)nc1-c1ccccc1. The first-order valence-electron chi connectivity index (χ1n) is 19.5. The summed E-state index contributed by atoms with van der Waals surface area (Å²) in [5, 5.41) is 16.7. The fraction of sp³-hybridized carbons (Fsp3) is 0.488. The number of aliphatic imine (C=N–C) groups is 1. The third-order valence-electron chi connectivity index (χ3n) is 10.1. The van der Waals surface area contributed by atoms with Gasteiger partial charge in [0.25, 0.3) is 5.91 Å². The molecule has 0 saturated heterocycles. The molecule has 2 aromatic heterocycles. The lowest BCUT2D eigenvalue weighted by Crippen LogP contribution is -2.34. The molecular formula is C43H55N7OS. The van der Waals surface area contributed by atoms with E-state index in [1.165, 1.54) is 43.2 Å². The fourth-order valence-electron chi connectivity index (χ4n) is 6.91. The Morgan fingerprint density at radius 2 is 1.46 bits per heavy atom. The smallest absolute Gasteiger partial charge is 0.291 e. The number of nitrogens with zero attached hydrogens (tertiary/aromatic N) is 7.